The van der Waals surface area contributed by atoms with Gasteiger partial charge in [-0.15, -0.1) is 0 Å². The lowest BCUT2D eigenvalue weighted by Crippen LogP contribution is -2.51. The molecular formula is C27H38N2O7. The van der Waals surface area contributed by atoms with Crippen molar-refractivity contribution in [1.29, 1.82) is 0 Å². The van der Waals surface area contributed by atoms with Crippen LogP contribution in [0.1, 0.15) is 59.6 Å². The predicted molar refractivity (Wildman–Crippen MR) is 137 cm³/mol. The molecule has 1 aromatic carbocycles. The maximum Gasteiger partial charge on any atom is 0.514 e. The zero-order chi connectivity index (χ0) is 27.8. The Balaban J connectivity index is 3.43. The van der Waals surface area contributed by atoms with E-state index in [4.69, 9.17) is 14.2 Å². The van der Waals surface area contributed by atoms with E-state index < -0.39 is 35.7 Å². The van der Waals surface area contributed by atoms with Crippen molar-refractivity contribution in [1.82, 2.24) is 10.2 Å². The number of rotatable bonds is 9. The molecule has 0 spiro atoms. The van der Waals surface area contributed by atoms with Crippen molar-refractivity contribution in [2.24, 2.45) is 0 Å². The fourth-order valence-corrected chi connectivity index (χ4v) is 3.51. The number of nitrogens with zero attached hydrogens (tertiary/aromatic N) is 1. The number of benzene rings is 1. The first-order valence-corrected chi connectivity index (χ1v) is 11.6. The van der Waals surface area contributed by atoms with Crippen LogP contribution in [0.5, 0.6) is 5.75 Å². The van der Waals surface area contributed by atoms with Gasteiger partial charge < -0.3 is 24.4 Å². The van der Waals surface area contributed by atoms with Gasteiger partial charge in [-0.25, -0.2) is 9.59 Å². The average Bonchev–Trinajstić information content (AvgIpc) is 2.75. The molecule has 0 aliphatic heterocycles. The molecule has 9 nitrogen and oxygen atoms in total. The molecule has 0 saturated carbocycles. The molecule has 0 aliphatic rings. The summed E-state index contributed by atoms with van der Waals surface area (Å²) in [5.74, 6) is -1.14. The van der Waals surface area contributed by atoms with E-state index in [1.165, 1.54) is 26.0 Å². The standard InChI is InChI=1S/C27H38N2O7/c1-11-20(16(2)3)21-14-19(12-13-23(21)35-26(33)36-27(6,7)8)15-22(25(32)34-10)29(9)24(31)17(4)28-18(5)30/h11-14,17,22H,1,15H2,2-10H3,(H,28,30)/t17-,22-/m0/s1. The molecule has 0 unspecified atom stereocenters. The molecule has 2 amide bonds. The Labute approximate surface area is 213 Å². The predicted octanol–water partition coefficient (Wildman–Crippen LogP) is 4.05. The van der Waals surface area contributed by atoms with Gasteiger partial charge in [0.25, 0.3) is 0 Å². The largest absolute Gasteiger partial charge is 0.514 e. The molecule has 0 aromatic heterocycles. The molecule has 1 aromatic rings. The van der Waals surface area contributed by atoms with Gasteiger partial charge in [-0.2, -0.15) is 0 Å². The topological polar surface area (TPSA) is 111 Å². The van der Waals surface area contributed by atoms with E-state index in [-0.39, 0.29) is 18.1 Å². The van der Waals surface area contributed by atoms with Crippen LogP contribution in [0.2, 0.25) is 0 Å². The number of likely N-dealkylation sites (N-methyl/N-ethyl adjacent to an activating group) is 1. The van der Waals surface area contributed by atoms with E-state index in [2.05, 4.69) is 11.9 Å². The highest BCUT2D eigenvalue weighted by molar-refractivity contribution is 5.90. The maximum absolute atomic E-state index is 12.8. The third-order valence-corrected chi connectivity index (χ3v) is 5.17. The van der Waals surface area contributed by atoms with Crippen LogP contribution in [-0.2, 0) is 30.3 Å². The summed E-state index contributed by atoms with van der Waals surface area (Å²) >= 11 is 0. The number of methoxy groups -OCH3 is 1. The van der Waals surface area contributed by atoms with Gasteiger partial charge in [0, 0.05) is 26.0 Å². The maximum atomic E-state index is 12.8. The van der Waals surface area contributed by atoms with Crippen LogP contribution < -0.4 is 10.1 Å². The third-order valence-electron chi connectivity index (χ3n) is 5.17. The van der Waals surface area contributed by atoms with Crippen molar-refractivity contribution in [3.8, 4) is 5.75 Å². The van der Waals surface area contributed by atoms with Gasteiger partial charge >= 0.3 is 12.1 Å². The average molecular weight is 503 g/mol. The van der Waals surface area contributed by atoms with Crippen molar-refractivity contribution in [3.63, 3.8) is 0 Å². The van der Waals surface area contributed by atoms with E-state index in [1.807, 2.05) is 13.8 Å². The van der Waals surface area contributed by atoms with E-state index in [0.29, 0.717) is 11.1 Å². The Hall–Kier alpha value is -3.62. The Morgan fingerprint density at radius 2 is 1.75 bits per heavy atom. The van der Waals surface area contributed by atoms with Gasteiger partial charge in [0.05, 0.1) is 7.11 Å². The van der Waals surface area contributed by atoms with Crippen molar-refractivity contribution in [2.45, 2.75) is 72.6 Å². The highest BCUT2D eigenvalue weighted by Crippen LogP contribution is 2.32. The van der Waals surface area contributed by atoms with Crippen LogP contribution in [0, 0.1) is 0 Å². The summed E-state index contributed by atoms with van der Waals surface area (Å²) in [7, 11) is 2.72. The number of esters is 1. The normalized spacial score (nSPS) is 12.5. The van der Waals surface area contributed by atoms with Gasteiger partial charge in [-0.1, -0.05) is 24.3 Å². The molecule has 36 heavy (non-hydrogen) atoms. The Kier molecular flexibility index (Phi) is 10.9. The van der Waals surface area contributed by atoms with Gasteiger partial charge in [0.2, 0.25) is 11.8 Å². The lowest BCUT2D eigenvalue weighted by Gasteiger charge is -2.29. The number of nitrogens with one attached hydrogen (secondary N) is 1. The van der Waals surface area contributed by atoms with E-state index in [0.717, 1.165) is 11.1 Å². The van der Waals surface area contributed by atoms with Gasteiger partial charge in [-0.3, -0.25) is 9.59 Å². The highest BCUT2D eigenvalue weighted by atomic mass is 16.7. The van der Waals surface area contributed by atoms with Gasteiger partial charge in [-0.05, 0) is 64.8 Å². The first-order chi connectivity index (χ1) is 16.6. The first kappa shape index (κ1) is 30.4. The molecule has 0 fully saturated rings. The third kappa shape index (κ3) is 8.87. The number of hydrogen-bond acceptors (Lipinski definition) is 7. The molecular weight excluding hydrogens is 464 g/mol. The minimum absolute atomic E-state index is 0.120. The number of amides is 2. The summed E-state index contributed by atoms with van der Waals surface area (Å²) in [6.07, 6.45) is 0.923. The minimum Gasteiger partial charge on any atom is -0.467 e. The molecule has 0 aliphatic carbocycles. The Morgan fingerprint density at radius 3 is 2.22 bits per heavy atom. The minimum atomic E-state index is -0.955. The zero-order valence-electron chi connectivity index (χ0n) is 22.7. The second-order valence-corrected chi connectivity index (χ2v) is 9.63. The quantitative estimate of drug-likeness (QED) is 0.308. The molecule has 0 radical (unpaired) electrons. The Morgan fingerprint density at radius 1 is 1.14 bits per heavy atom. The second-order valence-electron chi connectivity index (χ2n) is 9.63. The van der Waals surface area contributed by atoms with Crippen LogP contribution in [0.3, 0.4) is 0 Å². The molecule has 9 heteroatoms. The monoisotopic (exact) mass is 502 g/mol. The van der Waals surface area contributed by atoms with Gasteiger partial charge in [0.15, 0.2) is 0 Å². The van der Waals surface area contributed by atoms with Crippen molar-refractivity contribution in [3.05, 3.63) is 47.6 Å². The molecule has 198 valence electrons. The summed E-state index contributed by atoms with van der Waals surface area (Å²) < 4.78 is 15.7. The van der Waals surface area contributed by atoms with Crippen LogP contribution in [0.25, 0.3) is 5.57 Å². The summed E-state index contributed by atoms with van der Waals surface area (Å²) in [5, 5.41) is 2.53. The van der Waals surface area contributed by atoms with Crippen LogP contribution >= 0.6 is 0 Å². The highest BCUT2D eigenvalue weighted by Gasteiger charge is 2.31. The summed E-state index contributed by atoms with van der Waals surface area (Å²) in [6, 6.07) is 3.30. The van der Waals surface area contributed by atoms with E-state index in [1.54, 1.807) is 52.0 Å². The molecule has 1 rings (SSSR count). The SMILES string of the molecule is C=CC(=C(C)C)c1cc(C[C@@H](C(=O)OC)N(C)C(=O)[C@H](C)NC(C)=O)ccc1OC(=O)OC(C)(C)C. The van der Waals surface area contributed by atoms with Crippen molar-refractivity contribution < 1.29 is 33.4 Å². The fraction of sp³-hybridized carbons (Fsp3) is 0.481. The van der Waals surface area contributed by atoms with E-state index in [9.17, 15) is 19.2 Å². The van der Waals surface area contributed by atoms with Crippen molar-refractivity contribution in [2.75, 3.05) is 14.2 Å². The van der Waals surface area contributed by atoms with Crippen LogP contribution in [0.15, 0.2) is 36.4 Å². The second kappa shape index (κ2) is 12.9. The number of hydrogen-bond donors (Lipinski definition) is 1. The molecule has 0 saturated heterocycles. The molecule has 2 atom stereocenters. The number of carbonyl (C=O) groups is 4. The lowest BCUT2D eigenvalue weighted by atomic mass is 9.95. The summed E-state index contributed by atoms with van der Waals surface area (Å²) in [6.45, 7) is 15.7. The summed E-state index contributed by atoms with van der Waals surface area (Å²) in [5.41, 5.74) is 2.21. The van der Waals surface area contributed by atoms with Gasteiger partial charge in [0.1, 0.15) is 23.4 Å². The molecule has 0 heterocycles. The smallest absolute Gasteiger partial charge is 0.467 e. The van der Waals surface area contributed by atoms with Crippen molar-refractivity contribution >= 4 is 29.5 Å². The first-order valence-electron chi connectivity index (χ1n) is 11.6. The number of carbonyl (C=O) groups excluding carboxylic acids is 4. The fourth-order valence-electron chi connectivity index (χ4n) is 3.51. The van der Waals surface area contributed by atoms with Crippen LogP contribution in [-0.4, -0.2) is 60.7 Å². The zero-order valence-corrected chi connectivity index (χ0v) is 22.7. The molecule has 0 bridgehead atoms. The number of ether oxygens (including phenoxy) is 3. The number of allylic oxidation sites excluding steroid dienone is 3. The Bertz CT molecular complexity index is 1030. The lowest BCUT2D eigenvalue weighted by molar-refractivity contribution is -0.152. The van der Waals surface area contributed by atoms with E-state index >= 15 is 0 Å². The summed E-state index contributed by atoms with van der Waals surface area (Å²) in [4.78, 5) is 50.4. The molecule has 1 N–H and O–H groups in total. The van der Waals surface area contributed by atoms with Crippen LogP contribution in [0.4, 0.5) is 4.79 Å².